The quantitative estimate of drug-likeness (QED) is 0.665. The van der Waals surface area contributed by atoms with Crippen LogP contribution >= 0.6 is 0 Å². The molecule has 1 N–H and O–H groups in total. The number of hydrogen-bond acceptors (Lipinski definition) is 2. The highest BCUT2D eigenvalue weighted by Crippen LogP contribution is 2.47. The molecule has 3 saturated heterocycles. The van der Waals surface area contributed by atoms with Crippen molar-refractivity contribution >= 4 is 5.96 Å². The van der Waals surface area contributed by atoms with E-state index in [9.17, 15) is 0 Å². The van der Waals surface area contributed by atoms with Crippen LogP contribution in [0.15, 0.2) is 29.3 Å². The van der Waals surface area contributed by atoms with E-state index in [-0.39, 0.29) is 0 Å². The van der Waals surface area contributed by atoms with E-state index in [4.69, 9.17) is 4.74 Å². The number of benzene rings is 1. The van der Waals surface area contributed by atoms with Gasteiger partial charge < -0.3 is 15.0 Å². The smallest absolute Gasteiger partial charge is 0.193 e. The maximum Gasteiger partial charge on any atom is 0.193 e. The van der Waals surface area contributed by atoms with Crippen molar-refractivity contribution in [3.8, 4) is 0 Å². The predicted molar refractivity (Wildman–Crippen MR) is 99.9 cm³/mol. The largest absolute Gasteiger partial charge is 0.374 e. The number of likely N-dealkylation sites (tertiary alicyclic amines) is 1. The molecule has 0 amide bonds. The van der Waals surface area contributed by atoms with Crippen molar-refractivity contribution in [3.05, 3.63) is 35.4 Å². The number of aliphatic imine (C=N–C) groups is 1. The molecule has 2 bridgehead atoms. The molecule has 134 valence electrons. The van der Waals surface area contributed by atoms with Crippen LogP contribution in [0, 0.1) is 11.8 Å². The molecule has 3 heterocycles. The van der Waals surface area contributed by atoms with Gasteiger partial charge in [-0.3, -0.25) is 4.99 Å². The third-order valence-corrected chi connectivity index (χ3v) is 6.96. The summed E-state index contributed by atoms with van der Waals surface area (Å²) in [5, 5.41) is 3.70. The van der Waals surface area contributed by atoms with Crippen LogP contribution in [0.4, 0.5) is 0 Å². The highest BCUT2D eigenvalue weighted by Gasteiger charge is 2.53. The molecule has 5 unspecified atom stereocenters. The minimum absolute atomic E-state index is 0.517. The highest BCUT2D eigenvalue weighted by molar-refractivity contribution is 5.80. The molecule has 3 aliphatic heterocycles. The summed E-state index contributed by atoms with van der Waals surface area (Å²) in [5.41, 5.74) is 3.08. The molecule has 1 aromatic carbocycles. The molecule has 25 heavy (non-hydrogen) atoms. The van der Waals surface area contributed by atoms with E-state index in [0.717, 1.165) is 37.4 Å². The first-order valence-electron chi connectivity index (χ1n) is 10.0. The first-order valence-corrected chi connectivity index (χ1v) is 10.0. The van der Waals surface area contributed by atoms with Gasteiger partial charge in [0, 0.05) is 44.4 Å². The van der Waals surface area contributed by atoms with E-state index in [2.05, 4.69) is 39.5 Å². The van der Waals surface area contributed by atoms with E-state index < -0.39 is 0 Å². The maximum atomic E-state index is 6.11. The second-order valence-corrected chi connectivity index (χ2v) is 8.24. The zero-order valence-electron chi connectivity index (χ0n) is 15.2. The van der Waals surface area contributed by atoms with Gasteiger partial charge in [-0.2, -0.15) is 0 Å². The summed E-state index contributed by atoms with van der Waals surface area (Å²) in [6, 6.07) is 8.98. The lowest BCUT2D eigenvalue weighted by Crippen LogP contribution is -2.43. The van der Waals surface area contributed by atoms with Crippen molar-refractivity contribution in [2.24, 2.45) is 16.8 Å². The number of nitrogens with one attached hydrogen (secondary N) is 1. The fraction of sp³-hybridized carbons (Fsp3) is 0.667. The Morgan fingerprint density at radius 2 is 1.92 bits per heavy atom. The fourth-order valence-corrected chi connectivity index (χ4v) is 5.75. The Morgan fingerprint density at radius 1 is 1.16 bits per heavy atom. The van der Waals surface area contributed by atoms with E-state index in [1.165, 1.54) is 32.1 Å². The van der Waals surface area contributed by atoms with Gasteiger partial charge in [0.1, 0.15) is 0 Å². The monoisotopic (exact) mass is 339 g/mol. The normalized spacial score (nSPS) is 36.4. The summed E-state index contributed by atoms with van der Waals surface area (Å²) in [5.74, 6) is 3.17. The third kappa shape index (κ3) is 2.66. The molecule has 1 aliphatic carbocycles. The minimum atomic E-state index is 0.517. The summed E-state index contributed by atoms with van der Waals surface area (Å²) < 4.78 is 6.11. The lowest BCUT2D eigenvalue weighted by molar-refractivity contribution is 0.0767. The first-order chi connectivity index (χ1) is 12.3. The number of nitrogens with zero attached hydrogens (tertiary/aromatic N) is 2. The van der Waals surface area contributed by atoms with Crippen LogP contribution in [0.1, 0.15) is 42.7 Å². The van der Waals surface area contributed by atoms with Crippen molar-refractivity contribution in [2.45, 2.75) is 50.2 Å². The van der Waals surface area contributed by atoms with Gasteiger partial charge in [0.25, 0.3) is 0 Å². The fourth-order valence-electron chi connectivity index (χ4n) is 5.75. The molecule has 3 fully saturated rings. The Labute approximate surface area is 150 Å². The van der Waals surface area contributed by atoms with Gasteiger partial charge in [-0.25, -0.2) is 0 Å². The zero-order valence-corrected chi connectivity index (χ0v) is 15.2. The van der Waals surface area contributed by atoms with Gasteiger partial charge >= 0.3 is 0 Å². The van der Waals surface area contributed by atoms with Gasteiger partial charge in [0.2, 0.25) is 0 Å². The molecule has 0 radical (unpaired) electrons. The molecule has 0 spiro atoms. The molecule has 4 heteroatoms. The molecule has 1 aromatic rings. The molecule has 4 aliphatic rings. The van der Waals surface area contributed by atoms with Crippen molar-refractivity contribution in [1.82, 2.24) is 10.2 Å². The Kier molecular flexibility index (Phi) is 3.96. The predicted octanol–water partition coefficient (Wildman–Crippen LogP) is 2.79. The van der Waals surface area contributed by atoms with Crippen molar-refractivity contribution in [3.63, 3.8) is 0 Å². The highest BCUT2D eigenvalue weighted by atomic mass is 16.5. The average Bonchev–Trinajstić information content (AvgIpc) is 3.35. The molecule has 4 nitrogen and oxygen atoms in total. The number of fused-ring (bicyclic) bond motifs is 6. The summed E-state index contributed by atoms with van der Waals surface area (Å²) in [6.45, 7) is 3.23. The van der Waals surface area contributed by atoms with E-state index in [1.807, 2.05) is 7.05 Å². The number of guanidine groups is 1. The average molecular weight is 339 g/mol. The number of ether oxygens (including phenoxy) is 1. The Hall–Kier alpha value is -1.55. The van der Waals surface area contributed by atoms with Crippen molar-refractivity contribution in [1.29, 1.82) is 0 Å². The van der Waals surface area contributed by atoms with E-state index >= 15 is 0 Å². The summed E-state index contributed by atoms with van der Waals surface area (Å²) in [7, 11) is 1.93. The van der Waals surface area contributed by atoms with Crippen LogP contribution < -0.4 is 5.32 Å². The maximum absolute atomic E-state index is 6.11. The molecule has 5 atom stereocenters. The van der Waals surface area contributed by atoms with Gasteiger partial charge in [-0.1, -0.05) is 24.3 Å². The van der Waals surface area contributed by atoms with Crippen LogP contribution in [-0.4, -0.2) is 49.7 Å². The van der Waals surface area contributed by atoms with Gasteiger partial charge in [-0.15, -0.1) is 0 Å². The molecule has 0 aromatic heterocycles. The van der Waals surface area contributed by atoms with Crippen molar-refractivity contribution in [2.75, 3.05) is 26.7 Å². The standard InChI is InChI=1S/C21H29N3O/c1-22-21(24-12-17-18(13-24)20-10-9-19(17)25-20)23-11-15-7-4-6-14-5-2-3-8-16(14)15/h2-3,5,8,15,17-20H,4,6-7,9-13H2,1H3,(H,22,23). The Morgan fingerprint density at radius 3 is 2.68 bits per heavy atom. The van der Waals surface area contributed by atoms with E-state index in [1.54, 1.807) is 11.1 Å². The second-order valence-electron chi connectivity index (χ2n) is 8.24. The third-order valence-electron chi connectivity index (χ3n) is 6.96. The van der Waals surface area contributed by atoms with Crippen LogP contribution in [-0.2, 0) is 11.2 Å². The van der Waals surface area contributed by atoms with Gasteiger partial charge in [-0.05, 0) is 43.2 Å². The first kappa shape index (κ1) is 15.7. The van der Waals surface area contributed by atoms with Crippen LogP contribution in [0.25, 0.3) is 0 Å². The van der Waals surface area contributed by atoms with Crippen LogP contribution in [0.2, 0.25) is 0 Å². The molecule has 5 rings (SSSR count). The lowest BCUT2D eigenvalue weighted by Gasteiger charge is -2.29. The van der Waals surface area contributed by atoms with E-state index in [0.29, 0.717) is 18.1 Å². The summed E-state index contributed by atoms with van der Waals surface area (Å²) in [4.78, 5) is 7.08. The lowest BCUT2D eigenvalue weighted by atomic mass is 9.82. The number of aryl methyl sites for hydroxylation is 1. The zero-order chi connectivity index (χ0) is 16.8. The second kappa shape index (κ2) is 6.31. The summed E-state index contributed by atoms with van der Waals surface area (Å²) >= 11 is 0. The number of rotatable bonds is 2. The van der Waals surface area contributed by atoms with Gasteiger partial charge in [0.15, 0.2) is 5.96 Å². The minimum Gasteiger partial charge on any atom is -0.374 e. The molecule has 0 saturated carbocycles. The topological polar surface area (TPSA) is 36.9 Å². The van der Waals surface area contributed by atoms with Crippen molar-refractivity contribution < 1.29 is 4.74 Å². The molecular formula is C21H29N3O. The van der Waals surface area contributed by atoms with Crippen LogP contribution in [0.3, 0.4) is 0 Å². The van der Waals surface area contributed by atoms with Gasteiger partial charge in [0.05, 0.1) is 12.2 Å². The number of hydrogen-bond donors (Lipinski definition) is 1. The SMILES string of the molecule is CN=C(NCC1CCCc2ccccc21)N1CC2C3CCC(O3)C2C1. The molecular weight excluding hydrogens is 310 g/mol. The van der Waals surface area contributed by atoms with Crippen LogP contribution in [0.5, 0.6) is 0 Å². The Balaban J connectivity index is 1.24. The Bertz CT molecular complexity index is 655. The summed E-state index contributed by atoms with van der Waals surface area (Å²) in [6.07, 6.45) is 7.39.